The van der Waals surface area contributed by atoms with Gasteiger partial charge in [0.1, 0.15) is 5.82 Å². The smallest absolute Gasteiger partial charge is 0.258 e. The van der Waals surface area contributed by atoms with Gasteiger partial charge in [0.15, 0.2) is 0 Å². The first-order chi connectivity index (χ1) is 8.18. The summed E-state index contributed by atoms with van der Waals surface area (Å²) in [5.41, 5.74) is 1.51. The van der Waals surface area contributed by atoms with Gasteiger partial charge in [-0.25, -0.2) is 0 Å². The van der Waals surface area contributed by atoms with Crippen LogP contribution in [0, 0.1) is 0 Å². The molecular weight excluding hydrogens is 216 g/mol. The molecule has 0 aliphatic carbocycles. The summed E-state index contributed by atoms with van der Waals surface area (Å²) < 4.78 is 0. The summed E-state index contributed by atoms with van der Waals surface area (Å²) in [6, 6.07) is 9.15. The molecule has 2 rings (SSSR count). The van der Waals surface area contributed by atoms with Crippen molar-refractivity contribution >= 4 is 17.4 Å². The Hall–Kier alpha value is -2.30. The second-order valence-corrected chi connectivity index (χ2v) is 3.84. The van der Waals surface area contributed by atoms with E-state index in [0.717, 1.165) is 5.69 Å². The first-order valence-electron chi connectivity index (χ1n) is 5.25. The molecule has 2 aromatic rings. The zero-order valence-corrected chi connectivity index (χ0v) is 9.77. The number of hydrogen-bond acceptors (Lipinski definition) is 3. The number of hydrogen-bond donors (Lipinski definition) is 2. The van der Waals surface area contributed by atoms with E-state index < -0.39 is 0 Å². The number of carbonyl (C=O) groups is 1. The molecule has 0 saturated carbocycles. The molecule has 0 spiro atoms. The SMILES string of the molecule is CN(C)c1ccccc1C(=O)Nc1ccn[nH]1. The lowest BCUT2D eigenvalue weighted by molar-refractivity contribution is 0.102. The van der Waals surface area contributed by atoms with E-state index in [1.54, 1.807) is 18.3 Å². The van der Waals surface area contributed by atoms with Crippen LogP contribution in [0.4, 0.5) is 11.5 Å². The molecule has 1 aromatic heterocycles. The van der Waals surface area contributed by atoms with Gasteiger partial charge in [0, 0.05) is 25.8 Å². The lowest BCUT2D eigenvalue weighted by Gasteiger charge is -2.16. The molecule has 0 radical (unpaired) electrons. The second kappa shape index (κ2) is 4.69. The van der Waals surface area contributed by atoms with Gasteiger partial charge in [0.05, 0.1) is 11.8 Å². The highest BCUT2D eigenvalue weighted by Gasteiger charge is 2.12. The number of anilines is 2. The maximum atomic E-state index is 12.1. The van der Waals surface area contributed by atoms with Gasteiger partial charge in [-0.1, -0.05) is 12.1 Å². The molecular formula is C12H14N4O. The molecule has 1 aromatic carbocycles. The van der Waals surface area contributed by atoms with Gasteiger partial charge in [-0.05, 0) is 12.1 Å². The number of para-hydroxylation sites is 1. The van der Waals surface area contributed by atoms with Crippen molar-refractivity contribution in [3.05, 3.63) is 42.1 Å². The van der Waals surface area contributed by atoms with Crippen molar-refractivity contribution in [1.82, 2.24) is 10.2 Å². The highest BCUT2D eigenvalue weighted by Crippen LogP contribution is 2.18. The highest BCUT2D eigenvalue weighted by atomic mass is 16.1. The van der Waals surface area contributed by atoms with Crippen LogP contribution in [0.15, 0.2) is 36.5 Å². The van der Waals surface area contributed by atoms with Crippen LogP contribution < -0.4 is 10.2 Å². The van der Waals surface area contributed by atoms with E-state index in [9.17, 15) is 4.79 Å². The Morgan fingerprint density at radius 3 is 2.71 bits per heavy atom. The third kappa shape index (κ3) is 2.44. The van der Waals surface area contributed by atoms with Crippen LogP contribution in [-0.2, 0) is 0 Å². The summed E-state index contributed by atoms with van der Waals surface area (Å²) in [5, 5.41) is 9.22. The maximum absolute atomic E-state index is 12.1. The Balaban J connectivity index is 2.25. The first kappa shape index (κ1) is 11.2. The van der Waals surface area contributed by atoms with E-state index in [0.29, 0.717) is 11.4 Å². The standard InChI is InChI=1S/C12H14N4O/c1-16(2)10-6-4-3-5-9(10)12(17)14-11-7-8-13-15-11/h3-8H,1-2H3,(H2,13,14,15,17). The van der Waals surface area contributed by atoms with Gasteiger partial charge in [0.25, 0.3) is 5.91 Å². The van der Waals surface area contributed by atoms with Crippen LogP contribution in [0.1, 0.15) is 10.4 Å². The van der Waals surface area contributed by atoms with Crippen LogP contribution in [0.5, 0.6) is 0 Å². The van der Waals surface area contributed by atoms with Crippen molar-refractivity contribution in [1.29, 1.82) is 0 Å². The minimum absolute atomic E-state index is 0.154. The molecule has 88 valence electrons. The minimum Gasteiger partial charge on any atom is -0.377 e. The zero-order chi connectivity index (χ0) is 12.3. The molecule has 0 fully saturated rings. The Morgan fingerprint density at radius 1 is 1.29 bits per heavy atom. The van der Waals surface area contributed by atoms with Crippen molar-refractivity contribution in [3.8, 4) is 0 Å². The lowest BCUT2D eigenvalue weighted by atomic mass is 10.1. The fraction of sp³-hybridized carbons (Fsp3) is 0.167. The number of aromatic amines is 1. The predicted octanol–water partition coefficient (Wildman–Crippen LogP) is 1.73. The van der Waals surface area contributed by atoms with Gasteiger partial charge in [-0.3, -0.25) is 9.89 Å². The summed E-state index contributed by atoms with van der Waals surface area (Å²) >= 11 is 0. The quantitative estimate of drug-likeness (QED) is 0.844. The van der Waals surface area contributed by atoms with Gasteiger partial charge >= 0.3 is 0 Å². The largest absolute Gasteiger partial charge is 0.377 e. The van der Waals surface area contributed by atoms with Crippen molar-refractivity contribution in [3.63, 3.8) is 0 Å². The summed E-state index contributed by atoms with van der Waals surface area (Å²) in [4.78, 5) is 14.0. The molecule has 0 bridgehead atoms. The molecule has 0 atom stereocenters. The minimum atomic E-state index is -0.154. The second-order valence-electron chi connectivity index (χ2n) is 3.84. The third-order valence-corrected chi connectivity index (χ3v) is 2.38. The van der Waals surface area contributed by atoms with E-state index in [1.165, 1.54) is 0 Å². The number of nitrogens with zero attached hydrogens (tertiary/aromatic N) is 2. The molecule has 5 heteroatoms. The summed E-state index contributed by atoms with van der Waals surface area (Å²) in [7, 11) is 3.81. The fourth-order valence-corrected chi connectivity index (χ4v) is 1.57. The Labute approximate surface area is 99.5 Å². The molecule has 2 N–H and O–H groups in total. The van der Waals surface area contributed by atoms with E-state index in [2.05, 4.69) is 15.5 Å². The summed E-state index contributed by atoms with van der Waals surface area (Å²) in [6.45, 7) is 0. The van der Waals surface area contributed by atoms with Crippen LogP contribution >= 0.6 is 0 Å². The van der Waals surface area contributed by atoms with Crippen LogP contribution in [0.25, 0.3) is 0 Å². The molecule has 5 nitrogen and oxygen atoms in total. The third-order valence-electron chi connectivity index (χ3n) is 2.38. The lowest BCUT2D eigenvalue weighted by Crippen LogP contribution is -2.18. The molecule has 17 heavy (non-hydrogen) atoms. The molecule has 0 saturated heterocycles. The molecule has 1 heterocycles. The Kier molecular flexibility index (Phi) is 3.09. The van der Waals surface area contributed by atoms with E-state index in [4.69, 9.17) is 0 Å². The van der Waals surface area contributed by atoms with E-state index >= 15 is 0 Å². The fourth-order valence-electron chi connectivity index (χ4n) is 1.57. The zero-order valence-electron chi connectivity index (χ0n) is 9.77. The Bertz CT molecular complexity index is 505. The normalized spacial score (nSPS) is 10.0. The summed E-state index contributed by atoms with van der Waals surface area (Å²) in [6.07, 6.45) is 1.59. The number of H-pyrrole nitrogens is 1. The number of nitrogens with one attached hydrogen (secondary N) is 2. The van der Waals surface area contributed by atoms with Crippen LogP contribution in [0.3, 0.4) is 0 Å². The number of aromatic nitrogens is 2. The van der Waals surface area contributed by atoms with Gasteiger partial charge in [0.2, 0.25) is 0 Å². The molecule has 0 aliphatic rings. The monoisotopic (exact) mass is 230 g/mol. The molecule has 0 aliphatic heterocycles. The Morgan fingerprint density at radius 2 is 2.06 bits per heavy atom. The molecule has 1 amide bonds. The highest BCUT2D eigenvalue weighted by molar-refractivity contribution is 6.07. The number of amides is 1. The number of rotatable bonds is 3. The average molecular weight is 230 g/mol. The van der Waals surface area contributed by atoms with Crippen LogP contribution in [0.2, 0.25) is 0 Å². The van der Waals surface area contributed by atoms with Crippen molar-refractivity contribution in [2.24, 2.45) is 0 Å². The van der Waals surface area contributed by atoms with Gasteiger partial charge in [-0.2, -0.15) is 5.10 Å². The average Bonchev–Trinajstić information content (AvgIpc) is 2.81. The number of carbonyl (C=O) groups excluding carboxylic acids is 1. The van der Waals surface area contributed by atoms with Crippen molar-refractivity contribution < 1.29 is 4.79 Å². The van der Waals surface area contributed by atoms with Gasteiger partial charge in [-0.15, -0.1) is 0 Å². The molecule has 0 unspecified atom stereocenters. The topological polar surface area (TPSA) is 61.0 Å². The predicted molar refractivity (Wildman–Crippen MR) is 67.3 cm³/mol. The van der Waals surface area contributed by atoms with Crippen molar-refractivity contribution in [2.45, 2.75) is 0 Å². The summed E-state index contributed by atoms with van der Waals surface area (Å²) in [5.74, 6) is 0.433. The van der Waals surface area contributed by atoms with Crippen LogP contribution in [-0.4, -0.2) is 30.2 Å². The first-order valence-corrected chi connectivity index (χ1v) is 5.25. The van der Waals surface area contributed by atoms with E-state index in [-0.39, 0.29) is 5.91 Å². The van der Waals surface area contributed by atoms with E-state index in [1.807, 2.05) is 37.2 Å². The number of benzene rings is 1. The van der Waals surface area contributed by atoms with Gasteiger partial charge < -0.3 is 10.2 Å². The maximum Gasteiger partial charge on any atom is 0.258 e. The van der Waals surface area contributed by atoms with Crippen molar-refractivity contribution in [2.75, 3.05) is 24.3 Å².